The summed E-state index contributed by atoms with van der Waals surface area (Å²) >= 11 is 0. The second-order valence-electron chi connectivity index (χ2n) is 12.6. The Morgan fingerprint density at radius 2 is 1.87 bits per heavy atom. The molecule has 1 aromatic carbocycles. The van der Waals surface area contributed by atoms with Gasteiger partial charge in [-0.15, -0.1) is 0 Å². The molecule has 1 heterocycles. The first kappa shape index (κ1) is 25.4. The van der Waals surface area contributed by atoms with Crippen LogP contribution in [0.15, 0.2) is 66.5 Å². The number of carbonyl (C=O) groups excluding carboxylic acids is 1. The summed E-state index contributed by atoms with van der Waals surface area (Å²) in [5, 5.41) is 9.49. The highest BCUT2D eigenvalue weighted by molar-refractivity contribution is 5.76. The Morgan fingerprint density at radius 1 is 1.08 bits per heavy atom. The SMILES string of the molecule is C[C@]12CC[C@H](OC(=O)C(N)Cc3ccc(O)cc3)CC1=CC[C@@H]1[C@@H]2CC[C@]2(C)C(c3cccnc3)=CC[C@@H]12. The van der Waals surface area contributed by atoms with Crippen molar-refractivity contribution in [1.29, 1.82) is 0 Å². The van der Waals surface area contributed by atoms with Crippen LogP contribution in [0.4, 0.5) is 0 Å². The molecule has 0 spiro atoms. The average molecular weight is 513 g/mol. The largest absolute Gasteiger partial charge is 0.508 e. The number of carbonyl (C=O) groups is 1. The number of esters is 1. The molecule has 6 rings (SSSR count). The number of allylic oxidation sites excluding steroid dienone is 3. The number of aromatic nitrogens is 1. The van der Waals surface area contributed by atoms with Crippen molar-refractivity contribution in [2.75, 3.05) is 0 Å². The number of phenolic OH excluding ortho intramolecular Hbond substituents is 1. The van der Waals surface area contributed by atoms with Crippen LogP contribution < -0.4 is 5.73 Å². The number of pyridine rings is 1. The molecule has 0 aliphatic heterocycles. The highest BCUT2D eigenvalue weighted by Crippen LogP contribution is 2.66. The third-order valence-electron chi connectivity index (χ3n) is 10.6. The number of rotatable bonds is 5. The Bertz CT molecular complexity index is 1250. The average Bonchev–Trinajstić information content (AvgIpc) is 3.28. The molecule has 4 aliphatic rings. The first-order valence-corrected chi connectivity index (χ1v) is 14.3. The molecule has 0 bridgehead atoms. The van der Waals surface area contributed by atoms with E-state index in [0.717, 1.165) is 31.2 Å². The summed E-state index contributed by atoms with van der Waals surface area (Å²) in [6.45, 7) is 4.98. The summed E-state index contributed by atoms with van der Waals surface area (Å²) in [5.41, 5.74) is 11.8. The molecule has 4 aliphatic carbocycles. The zero-order valence-corrected chi connectivity index (χ0v) is 22.6. The van der Waals surface area contributed by atoms with Crippen molar-refractivity contribution in [2.45, 2.75) is 77.4 Å². The molecule has 3 N–H and O–H groups in total. The summed E-state index contributed by atoms with van der Waals surface area (Å²) in [6, 6.07) is 10.4. The van der Waals surface area contributed by atoms with E-state index >= 15 is 0 Å². The van der Waals surface area contributed by atoms with Gasteiger partial charge < -0.3 is 15.6 Å². The molecule has 7 atom stereocenters. The number of aromatic hydroxyl groups is 1. The summed E-state index contributed by atoms with van der Waals surface area (Å²) in [7, 11) is 0. The smallest absolute Gasteiger partial charge is 0.323 e. The van der Waals surface area contributed by atoms with Crippen molar-refractivity contribution < 1.29 is 14.6 Å². The minimum atomic E-state index is -0.697. The van der Waals surface area contributed by atoms with Crippen LogP contribution in [-0.4, -0.2) is 28.2 Å². The van der Waals surface area contributed by atoms with Gasteiger partial charge in [-0.1, -0.05) is 49.8 Å². The number of hydrogen-bond donors (Lipinski definition) is 2. The third kappa shape index (κ3) is 4.29. The van der Waals surface area contributed by atoms with Crippen molar-refractivity contribution in [3.63, 3.8) is 0 Å². The summed E-state index contributed by atoms with van der Waals surface area (Å²) in [6.07, 6.45) is 16.8. The van der Waals surface area contributed by atoms with Gasteiger partial charge in [0.05, 0.1) is 0 Å². The Hall–Kier alpha value is -2.92. The van der Waals surface area contributed by atoms with Gasteiger partial charge in [-0.3, -0.25) is 9.78 Å². The lowest BCUT2D eigenvalue weighted by atomic mass is 9.47. The number of fused-ring (bicyclic) bond motifs is 5. The molecule has 38 heavy (non-hydrogen) atoms. The first-order valence-electron chi connectivity index (χ1n) is 14.3. The van der Waals surface area contributed by atoms with Gasteiger partial charge in [0.2, 0.25) is 0 Å². The first-order chi connectivity index (χ1) is 18.3. The zero-order valence-electron chi connectivity index (χ0n) is 22.6. The van der Waals surface area contributed by atoms with E-state index in [2.05, 4.69) is 43.1 Å². The molecule has 0 amide bonds. The van der Waals surface area contributed by atoms with E-state index in [-0.39, 0.29) is 28.7 Å². The maximum atomic E-state index is 12.8. The zero-order chi connectivity index (χ0) is 26.5. The van der Waals surface area contributed by atoms with Crippen molar-refractivity contribution in [3.05, 3.63) is 77.6 Å². The molecule has 2 fully saturated rings. The molecular formula is C33H40N2O3. The number of nitrogens with two attached hydrogens (primary N) is 1. The molecule has 5 heteroatoms. The lowest BCUT2D eigenvalue weighted by molar-refractivity contribution is -0.153. The summed E-state index contributed by atoms with van der Waals surface area (Å²) in [5.74, 6) is 1.95. The maximum absolute atomic E-state index is 12.8. The lowest BCUT2D eigenvalue weighted by Crippen LogP contribution is -2.50. The Labute approximate surface area is 226 Å². The van der Waals surface area contributed by atoms with Gasteiger partial charge in [0, 0.05) is 18.8 Å². The highest BCUT2D eigenvalue weighted by atomic mass is 16.5. The van der Waals surface area contributed by atoms with Crippen molar-refractivity contribution in [2.24, 2.45) is 34.3 Å². The molecule has 1 unspecified atom stereocenters. The quantitative estimate of drug-likeness (QED) is 0.367. The fourth-order valence-corrected chi connectivity index (χ4v) is 8.49. The fourth-order valence-electron chi connectivity index (χ4n) is 8.49. The summed E-state index contributed by atoms with van der Waals surface area (Å²) in [4.78, 5) is 17.2. The molecule has 2 saturated carbocycles. The second-order valence-corrected chi connectivity index (χ2v) is 12.6. The van der Waals surface area contributed by atoms with E-state index in [9.17, 15) is 9.90 Å². The van der Waals surface area contributed by atoms with Gasteiger partial charge >= 0.3 is 5.97 Å². The molecule has 0 saturated heterocycles. The van der Waals surface area contributed by atoms with Crippen LogP contribution in [0.25, 0.3) is 5.57 Å². The highest BCUT2D eigenvalue weighted by Gasteiger charge is 2.57. The molecule has 5 nitrogen and oxygen atoms in total. The fraction of sp³-hybridized carbons (Fsp3) is 0.515. The maximum Gasteiger partial charge on any atom is 0.323 e. The Kier molecular flexibility index (Phi) is 6.46. The van der Waals surface area contributed by atoms with Crippen LogP contribution in [0.3, 0.4) is 0 Å². The second kappa shape index (κ2) is 9.68. The van der Waals surface area contributed by atoms with Crippen LogP contribution in [0, 0.1) is 28.6 Å². The minimum absolute atomic E-state index is 0.0940. The van der Waals surface area contributed by atoms with E-state index in [1.807, 2.05) is 12.4 Å². The van der Waals surface area contributed by atoms with Gasteiger partial charge in [0.25, 0.3) is 0 Å². The monoisotopic (exact) mass is 512 g/mol. The van der Waals surface area contributed by atoms with Gasteiger partial charge in [-0.05, 0) is 108 Å². The number of benzene rings is 1. The standard InChI is InChI=1S/C33H40N2O3/c1-32-15-13-25(38-31(37)30(34)18-21-5-8-24(36)9-6-21)19-23(32)7-10-26-28-12-11-27(22-4-3-17-35-20-22)33(28,2)16-14-29(26)32/h3-9,11,17,20,25-26,28-30,36H,10,12-16,18-19,34H2,1-2H3/t25-,26-,28-,29-,30?,32-,33+/m0/s1. The van der Waals surface area contributed by atoms with E-state index < -0.39 is 6.04 Å². The van der Waals surface area contributed by atoms with Crippen LogP contribution in [0.2, 0.25) is 0 Å². The van der Waals surface area contributed by atoms with Gasteiger partial charge in [-0.2, -0.15) is 0 Å². The summed E-state index contributed by atoms with van der Waals surface area (Å²) < 4.78 is 5.96. The molecule has 0 radical (unpaired) electrons. The third-order valence-corrected chi connectivity index (χ3v) is 10.6. The van der Waals surface area contributed by atoms with Crippen molar-refractivity contribution in [3.8, 4) is 5.75 Å². The van der Waals surface area contributed by atoms with E-state index in [0.29, 0.717) is 24.2 Å². The van der Waals surface area contributed by atoms with Crippen molar-refractivity contribution in [1.82, 2.24) is 4.98 Å². The molecule has 200 valence electrons. The molecular weight excluding hydrogens is 472 g/mol. The predicted octanol–water partition coefficient (Wildman–Crippen LogP) is 6.23. The molecule has 2 aromatic rings. The Balaban J connectivity index is 1.12. The van der Waals surface area contributed by atoms with E-state index in [1.165, 1.54) is 36.0 Å². The molecule has 1 aromatic heterocycles. The van der Waals surface area contributed by atoms with Gasteiger partial charge in [0.15, 0.2) is 0 Å². The number of nitrogens with zero attached hydrogens (tertiary/aromatic N) is 1. The van der Waals surface area contributed by atoms with Crippen LogP contribution in [-0.2, 0) is 16.0 Å². The number of hydrogen-bond acceptors (Lipinski definition) is 5. The number of ether oxygens (including phenoxy) is 1. The predicted molar refractivity (Wildman–Crippen MR) is 149 cm³/mol. The van der Waals surface area contributed by atoms with Crippen molar-refractivity contribution >= 4 is 11.5 Å². The lowest BCUT2D eigenvalue weighted by Gasteiger charge is -2.57. The Morgan fingerprint density at radius 3 is 2.63 bits per heavy atom. The van der Waals surface area contributed by atoms with Gasteiger partial charge in [0.1, 0.15) is 17.9 Å². The topological polar surface area (TPSA) is 85.4 Å². The van der Waals surface area contributed by atoms with E-state index in [4.69, 9.17) is 10.5 Å². The minimum Gasteiger partial charge on any atom is -0.508 e. The number of phenols is 1. The van der Waals surface area contributed by atoms with Crippen LogP contribution in [0.5, 0.6) is 5.75 Å². The normalized spacial score (nSPS) is 34.7. The van der Waals surface area contributed by atoms with E-state index in [1.54, 1.807) is 24.3 Å². The van der Waals surface area contributed by atoms with Gasteiger partial charge in [-0.25, -0.2) is 0 Å². The van der Waals surface area contributed by atoms with Crippen LogP contribution >= 0.6 is 0 Å². The van der Waals surface area contributed by atoms with Crippen LogP contribution in [0.1, 0.15) is 69.9 Å².